The number of morpholine rings is 1. The molecule has 1 N–H and O–H groups in total. The molecule has 2 saturated heterocycles. The Balaban J connectivity index is 1.57. The van der Waals surface area contributed by atoms with Gasteiger partial charge in [0.2, 0.25) is 5.95 Å². The minimum Gasteiger partial charge on any atom is -0.378 e. The highest BCUT2D eigenvalue weighted by Crippen LogP contribution is 2.26. The molecular weight excluding hydrogens is 342 g/mol. The lowest BCUT2D eigenvalue weighted by molar-refractivity contribution is 0.122. The summed E-state index contributed by atoms with van der Waals surface area (Å²) < 4.78 is 5.41. The number of anilines is 2. The first-order valence-corrected chi connectivity index (χ1v) is 9.73. The van der Waals surface area contributed by atoms with Crippen LogP contribution < -0.4 is 15.4 Å². The second-order valence-electron chi connectivity index (χ2n) is 7.48. The van der Waals surface area contributed by atoms with Gasteiger partial charge >= 0.3 is 0 Å². The third-order valence-electron chi connectivity index (χ3n) is 5.31. The molecule has 0 aromatic carbocycles. The topological polar surface area (TPSA) is 74.3 Å². The number of hydrogen-bond donors (Lipinski definition) is 1. The Morgan fingerprint density at radius 1 is 1.11 bits per heavy atom. The lowest BCUT2D eigenvalue weighted by Gasteiger charge is -2.30. The number of aryl methyl sites for hydroxylation is 2. The highest BCUT2D eigenvalue weighted by Gasteiger charge is 2.27. The van der Waals surface area contributed by atoms with Crippen LogP contribution in [0.5, 0.6) is 0 Å². The van der Waals surface area contributed by atoms with Gasteiger partial charge in [0.15, 0.2) is 0 Å². The fourth-order valence-electron chi connectivity index (χ4n) is 4.16. The van der Waals surface area contributed by atoms with Crippen molar-refractivity contribution in [1.29, 1.82) is 0 Å². The van der Waals surface area contributed by atoms with E-state index < -0.39 is 0 Å². The number of aromatic amines is 1. The largest absolute Gasteiger partial charge is 0.378 e. The van der Waals surface area contributed by atoms with Crippen LogP contribution >= 0.6 is 0 Å². The van der Waals surface area contributed by atoms with Crippen LogP contribution in [0.1, 0.15) is 29.8 Å². The molecule has 2 aromatic heterocycles. The van der Waals surface area contributed by atoms with E-state index in [9.17, 15) is 4.79 Å². The van der Waals surface area contributed by atoms with Crippen molar-refractivity contribution in [3.8, 4) is 0 Å². The predicted molar refractivity (Wildman–Crippen MR) is 106 cm³/mol. The van der Waals surface area contributed by atoms with Crippen LogP contribution in [0.25, 0.3) is 0 Å². The molecule has 2 aliphatic heterocycles. The lowest BCUT2D eigenvalue weighted by Crippen LogP contribution is -2.39. The van der Waals surface area contributed by atoms with Gasteiger partial charge < -0.3 is 14.5 Å². The van der Waals surface area contributed by atoms with Crippen LogP contribution in [-0.2, 0) is 11.2 Å². The van der Waals surface area contributed by atoms with Crippen LogP contribution in [0.2, 0.25) is 0 Å². The van der Waals surface area contributed by atoms with Gasteiger partial charge in [0.1, 0.15) is 5.82 Å². The van der Waals surface area contributed by atoms with E-state index in [-0.39, 0.29) is 5.56 Å². The van der Waals surface area contributed by atoms with Crippen LogP contribution in [0.15, 0.2) is 23.0 Å². The van der Waals surface area contributed by atoms with Crippen molar-refractivity contribution in [2.75, 3.05) is 42.6 Å². The maximum atomic E-state index is 12.3. The molecule has 4 heterocycles. The van der Waals surface area contributed by atoms with Crippen molar-refractivity contribution >= 4 is 11.8 Å². The van der Waals surface area contributed by atoms with Gasteiger partial charge in [-0.05, 0) is 50.8 Å². The summed E-state index contributed by atoms with van der Waals surface area (Å²) in [7, 11) is 0. The molecular formula is C20H27N5O2. The Bertz CT molecular complexity index is 839. The van der Waals surface area contributed by atoms with Gasteiger partial charge in [-0.15, -0.1) is 0 Å². The Hall–Kier alpha value is -2.41. The quantitative estimate of drug-likeness (QED) is 0.886. The zero-order chi connectivity index (χ0) is 18.8. The Morgan fingerprint density at radius 2 is 1.85 bits per heavy atom. The van der Waals surface area contributed by atoms with Gasteiger partial charge in [0, 0.05) is 43.1 Å². The molecule has 0 spiro atoms. The van der Waals surface area contributed by atoms with Crippen molar-refractivity contribution in [2.45, 2.75) is 39.2 Å². The predicted octanol–water partition coefficient (Wildman–Crippen LogP) is 1.83. The standard InChI is InChI=1S/C20H27N5O2/c1-14-10-16(11-15(2)21-14)12-17-4-3-5-25(17)20-22-18(13-19(26)23-20)24-6-8-27-9-7-24/h10-11,13,17H,3-9,12H2,1-2H3,(H,22,23,26)/t17-/m0/s1. The van der Waals surface area contributed by atoms with E-state index in [0.29, 0.717) is 25.2 Å². The third-order valence-corrected chi connectivity index (χ3v) is 5.31. The molecule has 2 fully saturated rings. The molecule has 7 nitrogen and oxygen atoms in total. The number of nitrogens with one attached hydrogen (secondary N) is 1. The van der Waals surface area contributed by atoms with Crippen molar-refractivity contribution in [1.82, 2.24) is 15.0 Å². The maximum Gasteiger partial charge on any atom is 0.254 e. The average molecular weight is 369 g/mol. The highest BCUT2D eigenvalue weighted by atomic mass is 16.5. The molecule has 0 saturated carbocycles. The normalized spacial score (nSPS) is 20.3. The molecule has 0 aliphatic carbocycles. The summed E-state index contributed by atoms with van der Waals surface area (Å²) in [6.45, 7) is 7.89. The Labute approximate surface area is 159 Å². The zero-order valence-electron chi connectivity index (χ0n) is 16.1. The fourth-order valence-corrected chi connectivity index (χ4v) is 4.16. The summed E-state index contributed by atoms with van der Waals surface area (Å²) in [5, 5.41) is 0. The van der Waals surface area contributed by atoms with E-state index in [1.165, 1.54) is 5.56 Å². The molecule has 0 bridgehead atoms. The first-order valence-electron chi connectivity index (χ1n) is 9.73. The van der Waals surface area contributed by atoms with E-state index in [1.54, 1.807) is 6.07 Å². The number of nitrogens with zero attached hydrogens (tertiary/aromatic N) is 4. The summed E-state index contributed by atoms with van der Waals surface area (Å²) >= 11 is 0. The molecule has 0 unspecified atom stereocenters. The van der Waals surface area contributed by atoms with Crippen molar-refractivity contribution < 1.29 is 4.74 Å². The average Bonchev–Trinajstić information content (AvgIpc) is 3.09. The number of rotatable bonds is 4. The zero-order valence-corrected chi connectivity index (χ0v) is 16.1. The van der Waals surface area contributed by atoms with Gasteiger partial charge in [0.05, 0.1) is 13.2 Å². The highest BCUT2D eigenvalue weighted by molar-refractivity contribution is 5.45. The molecule has 27 heavy (non-hydrogen) atoms. The van der Waals surface area contributed by atoms with Crippen molar-refractivity contribution in [2.24, 2.45) is 0 Å². The summed E-state index contributed by atoms with van der Waals surface area (Å²) in [6.07, 6.45) is 3.15. The number of ether oxygens (including phenoxy) is 1. The first kappa shape index (κ1) is 18.0. The third kappa shape index (κ3) is 4.13. The van der Waals surface area contributed by atoms with Gasteiger partial charge in [-0.1, -0.05) is 0 Å². The number of H-pyrrole nitrogens is 1. The monoisotopic (exact) mass is 369 g/mol. The van der Waals surface area contributed by atoms with E-state index in [2.05, 4.69) is 31.9 Å². The smallest absolute Gasteiger partial charge is 0.254 e. The molecule has 7 heteroatoms. The Kier molecular flexibility index (Phi) is 5.11. The van der Waals surface area contributed by atoms with Gasteiger partial charge in [-0.2, -0.15) is 4.98 Å². The SMILES string of the molecule is Cc1cc(C[C@@H]2CCCN2c2nc(N3CCOCC3)cc(=O)[nH]2)cc(C)n1. The second kappa shape index (κ2) is 7.68. The van der Waals surface area contributed by atoms with Crippen LogP contribution in [0.4, 0.5) is 11.8 Å². The van der Waals surface area contributed by atoms with Crippen molar-refractivity contribution in [3.05, 3.63) is 45.5 Å². The second-order valence-corrected chi connectivity index (χ2v) is 7.48. The number of pyridine rings is 1. The molecule has 1 atom stereocenters. The van der Waals surface area contributed by atoms with Gasteiger partial charge in [0.25, 0.3) is 5.56 Å². The minimum absolute atomic E-state index is 0.0947. The number of aromatic nitrogens is 3. The molecule has 2 aromatic rings. The summed E-state index contributed by atoms with van der Waals surface area (Å²) in [5.41, 5.74) is 3.30. The van der Waals surface area contributed by atoms with E-state index in [4.69, 9.17) is 9.72 Å². The van der Waals surface area contributed by atoms with Crippen molar-refractivity contribution in [3.63, 3.8) is 0 Å². The molecule has 2 aliphatic rings. The maximum absolute atomic E-state index is 12.3. The molecule has 0 radical (unpaired) electrons. The van der Waals surface area contributed by atoms with Gasteiger partial charge in [-0.25, -0.2) is 0 Å². The van der Waals surface area contributed by atoms with Crippen LogP contribution in [-0.4, -0.2) is 53.8 Å². The summed E-state index contributed by atoms with van der Waals surface area (Å²) in [5.74, 6) is 1.44. The molecule has 4 rings (SSSR count). The minimum atomic E-state index is -0.0947. The first-order chi connectivity index (χ1) is 13.1. The van der Waals surface area contributed by atoms with Crippen LogP contribution in [0, 0.1) is 13.8 Å². The summed E-state index contributed by atoms with van der Waals surface area (Å²) in [6, 6.07) is 6.25. The van der Waals surface area contributed by atoms with Crippen LogP contribution in [0.3, 0.4) is 0 Å². The lowest BCUT2D eigenvalue weighted by atomic mass is 10.0. The van der Waals surface area contributed by atoms with E-state index >= 15 is 0 Å². The van der Waals surface area contributed by atoms with Gasteiger partial charge in [-0.3, -0.25) is 14.8 Å². The van der Waals surface area contributed by atoms with E-state index in [0.717, 1.165) is 56.1 Å². The molecule has 0 amide bonds. The molecule has 144 valence electrons. The fraction of sp³-hybridized carbons (Fsp3) is 0.550. The van der Waals surface area contributed by atoms with E-state index in [1.807, 2.05) is 13.8 Å². The number of hydrogen-bond acceptors (Lipinski definition) is 6. The Morgan fingerprint density at radius 3 is 2.59 bits per heavy atom. The summed E-state index contributed by atoms with van der Waals surface area (Å²) in [4.78, 5) is 28.9.